The number of benzene rings is 1. The van der Waals surface area contributed by atoms with E-state index in [-0.39, 0.29) is 10.9 Å². The SMILES string of the molecule is CN(CCC1CCCCC1)S(=O)(=O)c1ccc(NC(=O)NCc2cccnc2)cc1. The first-order valence-corrected chi connectivity index (χ1v) is 11.9. The van der Waals surface area contributed by atoms with E-state index in [1.807, 2.05) is 6.07 Å². The fourth-order valence-corrected chi connectivity index (χ4v) is 4.90. The molecule has 0 aliphatic heterocycles. The summed E-state index contributed by atoms with van der Waals surface area (Å²) < 4.78 is 27.1. The maximum atomic E-state index is 12.8. The maximum absolute atomic E-state index is 12.8. The first-order valence-electron chi connectivity index (χ1n) is 10.5. The van der Waals surface area contributed by atoms with E-state index in [9.17, 15) is 13.2 Å². The fourth-order valence-electron chi connectivity index (χ4n) is 3.71. The van der Waals surface area contributed by atoms with Crippen LogP contribution in [0.3, 0.4) is 0 Å². The van der Waals surface area contributed by atoms with E-state index in [1.165, 1.54) is 48.5 Å². The van der Waals surface area contributed by atoms with Gasteiger partial charge in [-0.1, -0.05) is 38.2 Å². The Morgan fingerprint density at radius 1 is 1.13 bits per heavy atom. The van der Waals surface area contributed by atoms with Crippen molar-refractivity contribution in [2.45, 2.75) is 50.0 Å². The summed E-state index contributed by atoms with van der Waals surface area (Å²) in [4.78, 5) is 16.3. The highest BCUT2D eigenvalue weighted by molar-refractivity contribution is 7.89. The molecule has 0 bridgehead atoms. The molecule has 0 saturated heterocycles. The molecule has 1 fully saturated rings. The summed E-state index contributed by atoms with van der Waals surface area (Å²) >= 11 is 0. The molecule has 1 aromatic heterocycles. The van der Waals surface area contributed by atoms with Crippen LogP contribution in [0.2, 0.25) is 0 Å². The van der Waals surface area contributed by atoms with Crippen LogP contribution in [0.1, 0.15) is 44.1 Å². The zero-order valence-corrected chi connectivity index (χ0v) is 18.2. The second kappa shape index (κ2) is 10.5. The van der Waals surface area contributed by atoms with E-state index in [0.717, 1.165) is 12.0 Å². The zero-order chi connectivity index (χ0) is 21.4. The highest BCUT2D eigenvalue weighted by atomic mass is 32.2. The van der Waals surface area contributed by atoms with Gasteiger partial charge in [0, 0.05) is 38.2 Å². The number of sulfonamides is 1. The van der Waals surface area contributed by atoms with Crippen LogP contribution in [0, 0.1) is 5.92 Å². The number of aromatic nitrogens is 1. The first kappa shape index (κ1) is 22.2. The lowest BCUT2D eigenvalue weighted by molar-refractivity contribution is 0.251. The quantitative estimate of drug-likeness (QED) is 0.662. The van der Waals surface area contributed by atoms with E-state index in [2.05, 4.69) is 15.6 Å². The number of nitrogens with zero attached hydrogens (tertiary/aromatic N) is 2. The van der Waals surface area contributed by atoms with Gasteiger partial charge in [0.2, 0.25) is 10.0 Å². The summed E-state index contributed by atoms with van der Waals surface area (Å²) in [7, 11) is -1.90. The molecular weight excluding hydrogens is 400 g/mol. The lowest BCUT2D eigenvalue weighted by Crippen LogP contribution is -2.30. The Hall–Kier alpha value is -2.45. The second-order valence-corrected chi connectivity index (χ2v) is 9.86. The van der Waals surface area contributed by atoms with Gasteiger partial charge in [0.1, 0.15) is 0 Å². The third kappa shape index (κ3) is 6.27. The number of carbonyl (C=O) groups is 1. The molecule has 8 heteroatoms. The molecule has 1 saturated carbocycles. The summed E-state index contributed by atoms with van der Waals surface area (Å²) in [5.41, 5.74) is 1.42. The van der Waals surface area contributed by atoms with Gasteiger partial charge in [-0.2, -0.15) is 0 Å². The summed E-state index contributed by atoms with van der Waals surface area (Å²) in [5.74, 6) is 0.633. The Bertz CT molecular complexity index is 911. The number of hydrogen-bond acceptors (Lipinski definition) is 4. The van der Waals surface area contributed by atoms with E-state index >= 15 is 0 Å². The van der Waals surface area contributed by atoms with E-state index in [0.29, 0.717) is 24.7 Å². The minimum absolute atomic E-state index is 0.231. The molecule has 162 valence electrons. The summed E-state index contributed by atoms with van der Waals surface area (Å²) in [6, 6.07) is 9.58. The number of nitrogens with one attached hydrogen (secondary N) is 2. The van der Waals surface area contributed by atoms with Crippen molar-refractivity contribution in [3.8, 4) is 0 Å². The molecule has 3 rings (SSSR count). The number of hydrogen-bond donors (Lipinski definition) is 2. The molecule has 0 atom stereocenters. The summed E-state index contributed by atoms with van der Waals surface area (Å²) in [5, 5.41) is 5.45. The first-order chi connectivity index (χ1) is 14.4. The molecule has 2 N–H and O–H groups in total. The predicted molar refractivity (Wildman–Crippen MR) is 118 cm³/mol. The fraction of sp³-hybridized carbons (Fsp3) is 0.455. The normalized spacial score (nSPS) is 15.1. The van der Waals surface area contributed by atoms with Crippen molar-refractivity contribution in [1.82, 2.24) is 14.6 Å². The smallest absolute Gasteiger partial charge is 0.319 e. The molecule has 0 radical (unpaired) electrons. The molecule has 30 heavy (non-hydrogen) atoms. The van der Waals surface area contributed by atoms with Crippen molar-refractivity contribution < 1.29 is 13.2 Å². The molecule has 2 amide bonds. The second-order valence-electron chi connectivity index (χ2n) is 7.81. The molecule has 1 aliphatic carbocycles. The molecule has 1 aliphatic rings. The number of rotatable bonds is 8. The highest BCUT2D eigenvalue weighted by Gasteiger charge is 2.22. The lowest BCUT2D eigenvalue weighted by atomic mass is 9.87. The van der Waals surface area contributed by atoms with Gasteiger partial charge in [0.15, 0.2) is 0 Å². The molecule has 1 aromatic carbocycles. The van der Waals surface area contributed by atoms with Gasteiger partial charge in [-0.05, 0) is 48.2 Å². The van der Waals surface area contributed by atoms with Gasteiger partial charge in [0.25, 0.3) is 0 Å². The van der Waals surface area contributed by atoms with Gasteiger partial charge in [-0.3, -0.25) is 4.98 Å². The number of urea groups is 1. The van der Waals surface area contributed by atoms with Gasteiger partial charge in [-0.15, -0.1) is 0 Å². The Morgan fingerprint density at radius 2 is 1.87 bits per heavy atom. The van der Waals surface area contributed by atoms with Gasteiger partial charge < -0.3 is 10.6 Å². The largest absolute Gasteiger partial charge is 0.334 e. The molecule has 0 spiro atoms. The highest BCUT2D eigenvalue weighted by Crippen LogP contribution is 2.27. The number of amides is 2. The van der Waals surface area contributed by atoms with Gasteiger partial charge >= 0.3 is 6.03 Å². The predicted octanol–water partition coefficient (Wildman–Crippen LogP) is 3.99. The van der Waals surface area contributed by atoms with E-state index in [1.54, 1.807) is 37.6 Å². The minimum Gasteiger partial charge on any atom is -0.334 e. The molecular formula is C22H30N4O3S. The standard InChI is InChI=1S/C22H30N4O3S/c1-26(15-13-18-6-3-2-4-7-18)30(28,29)21-11-9-20(10-12-21)25-22(27)24-17-19-8-5-14-23-16-19/h5,8-12,14,16,18H,2-4,6-7,13,15,17H2,1H3,(H2,24,25,27). The number of anilines is 1. The van der Waals surface area contributed by atoms with Crippen molar-refractivity contribution in [2.24, 2.45) is 5.92 Å². The third-order valence-corrected chi connectivity index (χ3v) is 7.44. The maximum Gasteiger partial charge on any atom is 0.319 e. The van der Waals surface area contributed by atoms with Crippen LogP contribution in [0.4, 0.5) is 10.5 Å². The molecule has 7 nitrogen and oxygen atoms in total. The summed E-state index contributed by atoms with van der Waals surface area (Å²) in [6.07, 6.45) is 10.5. The molecule has 2 aromatic rings. The van der Waals surface area contributed by atoms with Crippen molar-refractivity contribution in [2.75, 3.05) is 18.9 Å². The third-order valence-electron chi connectivity index (χ3n) is 5.57. The summed E-state index contributed by atoms with van der Waals surface area (Å²) in [6.45, 7) is 0.891. The van der Waals surface area contributed by atoms with Crippen LogP contribution in [-0.2, 0) is 16.6 Å². The number of carbonyl (C=O) groups excluding carboxylic acids is 1. The van der Waals surface area contributed by atoms with E-state index in [4.69, 9.17) is 0 Å². The molecule has 1 heterocycles. The number of pyridine rings is 1. The van der Waals surface area contributed by atoms with Crippen LogP contribution >= 0.6 is 0 Å². The topological polar surface area (TPSA) is 91.4 Å². The van der Waals surface area contributed by atoms with E-state index < -0.39 is 10.0 Å². The van der Waals surface area contributed by atoms with Crippen LogP contribution < -0.4 is 10.6 Å². The van der Waals surface area contributed by atoms with Crippen LogP contribution in [0.5, 0.6) is 0 Å². The average molecular weight is 431 g/mol. The Kier molecular flexibility index (Phi) is 7.81. The van der Waals surface area contributed by atoms with Gasteiger partial charge in [0.05, 0.1) is 4.90 Å². The average Bonchev–Trinajstić information content (AvgIpc) is 2.78. The minimum atomic E-state index is -3.53. The van der Waals surface area contributed by atoms with Crippen LogP contribution in [-0.4, -0.2) is 37.3 Å². The Labute approximate surface area is 178 Å². The molecule has 0 unspecified atom stereocenters. The van der Waals surface area contributed by atoms with Crippen molar-refractivity contribution in [3.05, 3.63) is 54.4 Å². The van der Waals surface area contributed by atoms with Gasteiger partial charge in [-0.25, -0.2) is 17.5 Å². The van der Waals surface area contributed by atoms with Crippen LogP contribution in [0.15, 0.2) is 53.7 Å². The zero-order valence-electron chi connectivity index (χ0n) is 17.4. The lowest BCUT2D eigenvalue weighted by Gasteiger charge is -2.24. The van der Waals surface area contributed by atoms with Crippen LogP contribution in [0.25, 0.3) is 0 Å². The van der Waals surface area contributed by atoms with Crippen molar-refractivity contribution in [3.63, 3.8) is 0 Å². The van der Waals surface area contributed by atoms with Crippen molar-refractivity contribution in [1.29, 1.82) is 0 Å². The Morgan fingerprint density at radius 3 is 2.53 bits per heavy atom. The monoisotopic (exact) mass is 430 g/mol. The van der Waals surface area contributed by atoms with Crippen molar-refractivity contribution >= 4 is 21.7 Å². The Balaban J connectivity index is 1.51.